The van der Waals surface area contributed by atoms with Gasteiger partial charge in [0.05, 0.1) is 22.2 Å². The number of alkyl halides is 3. The van der Waals surface area contributed by atoms with Gasteiger partial charge in [0.25, 0.3) is 0 Å². The summed E-state index contributed by atoms with van der Waals surface area (Å²) in [6.07, 6.45) is -4.65. The number of rotatable bonds is 5. The number of hydrogen-bond donors (Lipinski definition) is 1. The van der Waals surface area contributed by atoms with Gasteiger partial charge in [-0.1, -0.05) is 41.6 Å². The van der Waals surface area contributed by atoms with Crippen LogP contribution in [0.15, 0.2) is 53.7 Å². The zero-order valence-corrected chi connectivity index (χ0v) is 15.9. The van der Waals surface area contributed by atoms with Gasteiger partial charge < -0.3 is 5.32 Å². The molecule has 0 fully saturated rings. The van der Waals surface area contributed by atoms with Gasteiger partial charge in [0, 0.05) is 5.02 Å². The van der Waals surface area contributed by atoms with Crippen LogP contribution in [0.5, 0.6) is 0 Å². The first-order valence-corrected chi connectivity index (χ1v) is 9.19. The summed E-state index contributed by atoms with van der Waals surface area (Å²) in [6, 6.07) is 12.2. The van der Waals surface area contributed by atoms with Crippen LogP contribution in [0, 0.1) is 0 Å². The second-order valence-corrected chi connectivity index (χ2v) is 7.39. The molecular weight excluding hydrogens is 415 g/mol. The molecule has 3 aromatic rings. The predicted molar refractivity (Wildman–Crippen MR) is 99.6 cm³/mol. The fourth-order valence-electron chi connectivity index (χ4n) is 2.29. The summed E-state index contributed by atoms with van der Waals surface area (Å²) >= 11 is 6.67. The molecule has 1 atom stereocenters. The maximum absolute atomic E-state index is 13.2. The molecule has 0 aliphatic heterocycles. The molecule has 1 N–H and O–H groups in total. The zero-order chi connectivity index (χ0) is 20.3. The van der Waals surface area contributed by atoms with Crippen LogP contribution in [0.4, 0.5) is 18.9 Å². The largest absolute Gasteiger partial charge is 0.418 e. The summed E-state index contributed by atoms with van der Waals surface area (Å²) in [5.74, 6) is -0.625. The molecule has 1 amide bonds. The van der Waals surface area contributed by atoms with E-state index in [1.165, 1.54) is 10.7 Å². The van der Waals surface area contributed by atoms with E-state index in [0.717, 1.165) is 23.9 Å². The van der Waals surface area contributed by atoms with Gasteiger partial charge in [-0.2, -0.15) is 17.9 Å². The molecular formula is C17H13ClF3N5OS. The van der Waals surface area contributed by atoms with Crippen molar-refractivity contribution < 1.29 is 18.0 Å². The van der Waals surface area contributed by atoms with Crippen LogP contribution in [-0.2, 0) is 11.0 Å². The van der Waals surface area contributed by atoms with Crippen LogP contribution >= 0.6 is 23.4 Å². The normalized spacial score (nSPS) is 12.6. The molecule has 6 nitrogen and oxygen atoms in total. The number of tetrazole rings is 1. The minimum atomic E-state index is -4.65. The van der Waals surface area contributed by atoms with E-state index in [0.29, 0.717) is 10.8 Å². The van der Waals surface area contributed by atoms with Gasteiger partial charge in [-0.3, -0.25) is 4.79 Å². The van der Waals surface area contributed by atoms with E-state index in [-0.39, 0.29) is 10.7 Å². The number of para-hydroxylation sites is 1. The van der Waals surface area contributed by atoms with Gasteiger partial charge in [-0.15, -0.1) is 5.10 Å². The average molecular weight is 428 g/mol. The van der Waals surface area contributed by atoms with E-state index in [2.05, 4.69) is 20.8 Å². The smallest absolute Gasteiger partial charge is 0.325 e. The summed E-state index contributed by atoms with van der Waals surface area (Å²) in [7, 11) is 0. The van der Waals surface area contributed by atoms with Crippen molar-refractivity contribution in [3.05, 3.63) is 59.1 Å². The quantitative estimate of drug-likeness (QED) is 0.609. The third-order valence-corrected chi connectivity index (χ3v) is 4.91. The van der Waals surface area contributed by atoms with Gasteiger partial charge in [0.2, 0.25) is 11.1 Å². The van der Waals surface area contributed by atoms with Crippen molar-refractivity contribution in [2.24, 2.45) is 0 Å². The van der Waals surface area contributed by atoms with Gasteiger partial charge >= 0.3 is 6.18 Å². The number of nitrogens with one attached hydrogen (secondary N) is 1. The number of carbonyl (C=O) groups is 1. The summed E-state index contributed by atoms with van der Waals surface area (Å²) in [5, 5.41) is 13.2. The van der Waals surface area contributed by atoms with Crippen LogP contribution in [0.3, 0.4) is 0 Å². The summed E-state index contributed by atoms with van der Waals surface area (Å²) < 4.78 is 41.0. The van der Waals surface area contributed by atoms with Gasteiger partial charge in [0.1, 0.15) is 0 Å². The second-order valence-electron chi connectivity index (χ2n) is 5.65. The van der Waals surface area contributed by atoms with Gasteiger partial charge in [0.15, 0.2) is 0 Å². The Morgan fingerprint density at radius 1 is 1.21 bits per heavy atom. The van der Waals surface area contributed by atoms with E-state index in [1.807, 2.05) is 6.07 Å². The third kappa shape index (κ3) is 4.63. The fourth-order valence-corrected chi connectivity index (χ4v) is 3.27. The fraction of sp³-hybridized carbons (Fsp3) is 0.176. The first-order chi connectivity index (χ1) is 13.3. The summed E-state index contributed by atoms with van der Waals surface area (Å²) in [4.78, 5) is 12.4. The van der Waals surface area contributed by atoms with E-state index in [4.69, 9.17) is 11.6 Å². The molecule has 0 aliphatic rings. The lowest BCUT2D eigenvalue weighted by Gasteiger charge is -2.16. The topological polar surface area (TPSA) is 72.7 Å². The molecule has 0 saturated heterocycles. The number of hydrogen-bond acceptors (Lipinski definition) is 5. The molecule has 1 aromatic heterocycles. The van der Waals surface area contributed by atoms with Crippen LogP contribution < -0.4 is 5.32 Å². The maximum atomic E-state index is 13.2. The lowest BCUT2D eigenvalue weighted by atomic mass is 10.1. The number of nitrogens with zero attached hydrogens (tertiary/aromatic N) is 4. The van der Waals surface area contributed by atoms with Crippen LogP contribution in [-0.4, -0.2) is 31.4 Å². The second kappa shape index (κ2) is 8.19. The van der Waals surface area contributed by atoms with Crippen molar-refractivity contribution in [3.8, 4) is 5.69 Å². The van der Waals surface area contributed by atoms with Crippen LogP contribution in [0.2, 0.25) is 5.02 Å². The molecule has 0 spiro atoms. The Labute approximate surface area is 167 Å². The van der Waals surface area contributed by atoms with Gasteiger partial charge in [-0.25, -0.2) is 0 Å². The Hall–Kier alpha value is -2.59. The number of carbonyl (C=O) groups excluding carboxylic acids is 1. The van der Waals surface area contributed by atoms with E-state index in [1.54, 1.807) is 31.2 Å². The minimum Gasteiger partial charge on any atom is -0.325 e. The molecule has 146 valence electrons. The molecule has 11 heteroatoms. The number of aromatic nitrogens is 4. The van der Waals surface area contributed by atoms with Crippen molar-refractivity contribution in [3.63, 3.8) is 0 Å². The lowest BCUT2D eigenvalue weighted by molar-refractivity contribution is -0.137. The summed E-state index contributed by atoms with van der Waals surface area (Å²) in [5.41, 5.74) is -0.684. The molecule has 1 unspecified atom stereocenters. The SMILES string of the molecule is CC(Sc1nnnn1-c1ccccc1)C(=O)Nc1ccc(Cl)cc1C(F)(F)F. The Morgan fingerprint density at radius 2 is 1.93 bits per heavy atom. The molecule has 1 heterocycles. The van der Waals surface area contributed by atoms with E-state index < -0.39 is 22.9 Å². The maximum Gasteiger partial charge on any atom is 0.418 e. The number of anilines is 1. The minimum absolute atomic E-state index is 0.0743. The number of halogens is 4. The average Bonchev–Trinajstić information content (AvgIpc) is 3.11. The first kappa shape index (κ1) is 20.2. The van der Waals surface area contributed by atoms with E-state index in [9.17, 15) is 18.0 Å². The highest BCUT2D eigenvalue weighted by Gasteiger charge is 2.34. The van der Waals surface area contributed by atoms with Crippen LogP contribution in [0.25, 0.3) is 5.69 Å². The molecule has 3 rings (SSSR count). The Morgan fingerprint density at radius 3 is 2.61 bits per heavy atom. The summed E-state index contributed by atoms with van der Waals surface area (Å²) in [6.45, 7) is 1.55. The highest BCUT2D eigenvalue weighted by atomic mass is 35.5. The molecule has 0 radical (unpaired) electrons. The number of amides is 1. The van der Waals surface area contributed by atoms with Crippen LogP contribution in [0.1, 0.15) is 12.5 Å². The highest BCUT2D eigenvalue weighted by molar-refractivity contribution is 8.00. The number of thioether (sulfide) groups is 1. The van der Waals surface area contributed by atoms with Gasteiger partial charge in [-0.05, 0) is 47.7 Å². The Balaban J connectivity index is 1.76. The van der Waals surface area contributed by atoms with Crippen molar-refractivity contribution in [1.29, 1.82) is 0 Å². The predicted octanol–water partition coefficient (Wildman–Crippen LogP) is 4.45. The molecule has 2 aromatic carbocycles. The van der Waals surface area contributed by atoms with Crippen molar-refractivity contribution in [2.45, 2.75) is 23.5 Å². The lowest BCUT2D eigenvalue weighted by Crippen LogP contribution is -2.24. The Kier molecular flexibility index (Phi) is 5.90. The number of benzene rings is 2. The monoisotopic (exact) mass is 427 g/mol. The van der Waals surface area contributed by atoms with Crippen molar-refractivity contribution in [1.82, 2.24) is 20.2 Å². The zero-order valence-electron chi connectivity index (χ0n) is 14.3. The van der Waals surface area contributed by atoms with Crippen molar-refractivity contribution >= 4 is 35.0 Å². The highest BCUT2D eigenvalue weighted by Crippen LogP contribution is 2.37. The Bertz CT molecular complexity index is 980. The first-order valence-electron chi connectivity index (χ1n) is 7.94. The standard InChI is InChI=1S/C17H13ClF3N5OS/c1-10(28-16-23-24-25-26(16)12-5-3-2-4-6-12)15(27)22-14-8-7-11(18)9-13(14)17(19,20)21/h2-10H,1H3,(H,22,27). The molecule has 28 heavy (non-hydrogen) atoms. The molecule has 0 bridgehead atoms. The third-order valence-electron chi connectivity index (χ3n) is 3.64. The van der Waals surface area contributed by atoms with Crippen molar-refractivity contribution in [2.75, 3.05) is 5.32 Å². The molecule has 0 saturated carbocycles. The van der Waals surface area contributed by atoms with E-state index >= 15 is 0 Å². The molecule has 0 aliphatic carbocycles.